The van der Waals surface area contributed by atoms with E-state index in [0.29, 0.717) is 5.52 Å². The minimum absolute atomic E-state index is 0.145. The Bertz CT molecular complexity index is 596. The number of rotatable bonds is 3. The molecule has 1 unspecified atom stereocenters. The molecule has 0 spiro atoms. The Morgan fingerprint density at radius 2 is 2.05 bits per heavy atom. The number of hydrogen-bond acceptors (Lipinski definition) is 2. The summed E-state index contributed by atoms with van der Waals surface area (Å²) in [6.07, 6.45) is 4.57. The van der Waals surface area contributed by atoms with Crippen LogP contribution in [0, 0.1) is 5.41 Å². The van der Waals surface area contributed by atoms with E-state index in [2.05, 4.69) is 32.3 Å². The lowest BCUT2D eigenvalue weighted by molar-refractivity contribution is 0.356. The third-order valence-electron chi connectivity index (χ3n) is 3.30. The number of phenols is 1. The fourth-order valence-electron chi connectivity index (χ4n) is 2.42. The Morgan fingerprint density at radius 3 is 2.68 bits per heavy atom. The Labute approximate surface area is 114 Å². The molecule has 0 aliphatic carbocycles. The lowest BCUT2D eigenvalue weighted by atomic mass is 9.81. The van der Waals surface area contributed by atoms with Gasteiger partial charge < -0.3 is 5.11 Å². The van der Waals surface area contributed by atoms with Crippen LogP contribution in [0.3, 0.4) is 0 Å². The highest BCUT2D eigenvalue weighted by molar-refractivity contribution is 5.85. The summed E-state index contributed by atoms with van der Waals surface area (Å²) < 4.78 is 0. The van der Waals surface area contributed by atoms with Crippen LogP contribution in [0.15, 0.2) is 43.1 Å². The van der Waals surface area contributed by atoms with Crippen LogP contribution in [-0.4, -0.2) is 10.1 Å². The number of fused-ring (bicyclic) bond motifs is 1. The summed E-state index contributed by atoms with van der Waals surface area (Å²) in [4.78, 5) is 4.27. The molecule has 0 fully saturated rings. The number of aromatic hydroxyl groups is 1. The van der Waals surface area contributed by atoms with Crippen LogP contribution in [0.4, 0.5) is 0 Å². The van der Waals surface area contributed by atoms with Crippen molar-refractivity contribution >= 4 is 10.9 Å². The van der Waals surface area contributed by atoms with Gasteiger partial charge in [0.2, 0.25) is 0 Å². The first-order chi connectivity index (χ1) is 8.92. The SMILES string of the molecule is C=CC(CC(C)(C)C)c1ccc2cccnc2c1O. The average molecular weight is 255 g/mol. The van der Waals surface area contributed by atoms with Crippen molar-refractivity contribution in [3.8, 4) is 5.75 Å². The topological polar surface area (TPSA) is 33.1 Å². The first kappa shape index (κ1) is 13.6. The van der Waals surface area contributed by atoms with Crippen molar-refractivity contribution in [3.63, 3.8) is 0 Å². The molecule has 2 heteroatoms. The molecule has 1 aromatic heterocycles. The quantitative estimate of drug-likeness (QED) is 0.810. The molecule has 0 aliphatic rings. The van der Waals surface area contributed by atoms with Crippen molar-refractivity contribution < 1.29 is 5.11 Å². The molecule has 0 bridgehead atoms. The maximum Gasteiger partial charge on any atom is 0.145 e. The third-order valence-corrected chi connectivity index (χ3v) is 3.30. The van der Waals surface area contributed by atoms with Gasteiger partial charge in [-0.3, -0.25) is 4.98 Å². The fourth-order valence-corrected chi connectivity index (χ4v) is 2.42. The molecule has 0 aliphatic heterocycles. The molecule has 2 aromatic rings. The van der Waals surface area contributed by atoms with Crippen molar-refractivity contribution in [1.82, 2.24) is 4.98 Å². The molecular weight excluding hydrogens is 234 g/mol. The van der Waals surface area contributed by atoms with Crippen molar-refractivity contribution in [2.45, 2.75) is 33.1 Å². The van der Waals surface area contributed by atoms with Gasteiger partial charge in [0.1, 0.15) is 11.3 Å². The number of hydrogen-bond donors (Lipinski definition) is 1. The standard InChI is InChI=1S/C17H21NO/c1-5-12(11-17(2,3)4)14-9-8-13-7-6-10-18-15(13)16(14)19/h5-10,12,19H,1,11H2,2-4H3. The third kappa shape index (κ3) is 2.95. The second-order valence-electron chi connectivity index (χ2n) is 6.19. The van der Waals surface area contributed by atoms with E-state index in [1.165, 1.54) is 0 Å². The Morgan fingerprint density at radius 1 is 1.32 bits per heavy atom. The molecule has 19 heavy (non-hydrogen) atoms. The van der Waals surface area contributed by atoms with Gasteiger partial charge in [0, 0.05) is 23.1 Å². The van der Waals surface area contributed by atoms with Crippen molar-refractivity contribution in [3.05, 3.63) is 48.7 Å². The number of allylic oxidation sites excluding steroid dienone is 1. The molecule has 0 saturated carbocycles. The molecule has 1 atom stereocenters. The number of benzene rings is 1. The van der Waals surface area contributed by atoms with E-state index in [9.17, 15) is 5.11 Å². The second-order valence-corrected chi connectivity index (χ2v) is 6.19. The lowest BCUT2D eigenvalue weighted by Crippen LogP contribution is -2.10. The van der Waals surface area contributed by atoms with Crippen LogP contribution in [0.5, 0.6) is 5.75 Å². The molecule has 1 aromatic carbocycles. The maximum absolute atomic E-state index is 10.4. The summed E-state index contributed by atoms with van der Waals surface area (Å²) in [5, 5.41) is 11.4. The average Bonchev–Trinajstić information content (AvgIpc) is 2.36. The molecular formula is C17H21NO. The normalized spacial score (nSPS) is 13.4. The zero-order valence-electron chi connectivity index (χ0n) is 11.9. The van der Waals surface area contributed by atoms with Crippen LogP contribution in [0.25, 0.3) is 10.9 Å². The van der Waals surface area contributed by atoms with E-state index in [0.717, 1.165) is 17.4 Å². The van der Waals surface area contributed by atoms with Crippen molar-refractivity contribution in [1.29, 1.82) is 0 Å². The van der Waals surface area contributed by atoms with Gasteiger partial charge in [-0.25, -0.2) is 0 Å². The summed E-state index contributed by atoms with van der Waals surface area (Å²) in [5.41, 5.74) is 1.77. The Hall–Kier alpha value is -1.83. The van der Waals surface area contributed by atoms with Gasteiger partial charge in [0.05, 0.1) is 0 Å². The van der Waals surface area contributed by atoms with Crippen LogP contribution in [0.1, 0.15) is 38.7 Å². The molecule has 0 radical (unpaired) electrons. The fraction of sp³-hybridized carbons (Fsp3) is 0.353. The first-order valence-corrected chi connectivity index (χ1v) is 6.61. The number of pyridine rings is 1. The molecule has 2 nitrogen and oxygen atoms in total. The van der Waals surface area contributed by atoms with E-state index in [-0.39, 0.29) is 17.1 Å². The van der Waals surface area contributed by atoms with Crippen LogP contribution in [0.2, 0.25) is 0 Å². The summed E-state index contributed by atoms with van der Waals surface area (Å²) in [6, 6.07) is 7.83. The summed E-state index contributed by atoms with van der Waals surface area (Å²) in [6.45, 7) is 10.5. The zero-order chi connectivity index (χ0) is 14.0. The van der Waals surface area contributed by atoms with E-state index in [1.54, 1.807) is 6.20 Å². The first-order valence-electron chi connectivity index (χ1n) is 6.61. The Kier molecular flexibility index (Phi) is 3.61. The zero-order valence-corrected chi connectivity index (χ0v) is 11.9. The number of aromatic nitrogens is 1. The predicted octanol–water partition coefficient (Wildman–Crippen LogP) is 4.65. The van der Waals surface area contributed by atoms with Gasteiger partial charge >= 0.3 is 0 Å². The highest BCUT2D eigenvalue weighted by atomic mass is 16.3. The highest BCUT2D eigenvalue weighted by Gasteiger charge is 2.21. The van der Waals surface area contributed by atoms with Gasteiger partial charge in [-0.05, 0) is 17.9 Å². The van der Waals surface area contributed by atoms with E-state index >= 15 is 0 Å². The summed E-state index contributed by atoms with van der Waals surface area (Å²) >= 11 is 0. The van der Waals surface area contributed by atoms with E-state index < -0.39 is 0 Å². The molecule has 0 saturated heterocycles. The van der Waals surface area contributed by atoms with Gasteiger partial charge in [0.25, 0.3) is 0 Å². The Balaban J connectivity index is 2.49. The highest BCUT2D eigenvalue weighted by Crippen LogP contribution is 2.38. The van der Waals surface area contributed by atoms with Gasteiger partial charge in [-0.1, -0.05) is 45.0 Å². The van der Waals surface area contributed by atoms with Crippen molar-refractivity contribution in [2.75, 3.05) is 0 Å². The number of nitrogens with zero attached hydrogens (tertiary/aromatic N) is 1. The van der Waals surface area contributed by atoms with Crippen LogP contribution in [-0.2, 0) is 0 Å². The summed E-state index contributed by atoms with van der Waals surface area (Å²) in [7, 11) is 0. The van der Waals surface area contributed by atoms with E-state index in [1.807, 2.05) is 30.3 Å². The molecule has 1 N–H and O–H groups in total. The molecule has 1 heterocycles. The van der Waals surface area contributed by atoms with Gasteiger partial charge in [-0.2, -0.15) is 0 Å². The molecule has 100 valence electrons. The number of phenolic OH excluding ortho intramolecular Hbond substituents is 1. The van der Waals surface area contributed by atoms with Gasteiger partial charge in [-0.15, -0.1) is 6.58 Å². The second kappa shape index (κ2) is 5.04. The smallest absolute Gasteiger partial charge is 0.145 e. The van der Waals surface area contributed by atoms with Crippen LogP contribution >= 0.6 is 0 Å². The van der Waals surface area contributed by atoms with Crippen LogP contribution < -0.4 is 0 Å². The summed E-state index contributed by atoms with van der Waals surface area (Å²) in [5.74, 6) is 0.429. The minimum Gasteiger partial charge on any atom is -0.505 e. The largest absolute Gasteiger partial charge is 0.505 e. The molecule has 2 rings (SSSR count). The minimum atomic E-state index is 0.145. The lowest BCUT2D eigenvalue weighted by Gasteiger charge is -2.24. The van der Waals surface area contributed by atoms with Crippen molar-refractivity contribution in [2.24, 2.45) is 5.41 Å². The van der Waals surface area contributed by atoms with Gasteiger partial charge in [0.15, 0.2) is 0 Å². The maximum atomic E-state index is 10.4. The monoisotopic (exact) mass is 255 g/mol. The predicted molar refractivity (Wildman–Crippen MR) is 80.4 cm³/mol. The van der Waals surface area contributed by atoms with E-state index in [4.69, 9.17) is 0 Å². The molecule has 0 amide bonds.